The Labute approximate surface area is 109 Å². The minimum absolute atomic E-state index is 0.0141. The van der Waals surface area contributed by atoms with Gasteiger partial charge in [0.05, 0.1) is 11.5 Å². The number of hydrogen-bond donors (Lipinski definition) is 1. The summed E-state index contributed by atoms with van der Waals surface area (Å²) in [5.74, 6) is 0.111. The fraction of sp³-hybridized carbons (Fsp3) is 0.538. The van der Waals surface area contributed by atoms with Crippen molar-refractivity contribution >= 4 is 9.84 Å². The Bertz CT molecular complexity index is 454. The van der Waals surface area contributed by atoms with Crippen molar-refractivity contribution in [3.8, 4) is 0 Å². The van der Waals surface area contributed by atoms with Crippen LogP contribution in [0.3, 0.4) is 0 Å². The van der Waals surface area contributed by atoms with Gasteiger partial charge in [0.25, 0.3) is 0 Å². The first-order valence-electron chi connectivity index (χ1n) is 5.96. The number of ether oxygens (including phenoxy) is 1. The lowest BCUT2D eigenvalue weighted by Gasteiger charge is -2.12. The lowest BCUT2D eigenvalue weighted by Crippen LogP contribution is -2.24. The van der Waals surface area contributed by atoms with Crippen molar-refractivity contribution in [2.45, 2.75) is 19.4 Å². The van der Waals surface area contributed by atoms with Crippen LogP contribution in [0.5, 0.6) is 0 Å². The molecule has 0 heterocycles. The van der Waals surface area contributed by atoms with Crippen molar-refractivity contribution in [3.63, 3.8) is 0 Å². The second-order valence-corrected chi connectivity index (χ2v) is 6.71. The molecule has 0 spiro atoms. The zero-order chi connectivity index (χ0) is 13.6. The molecule has 4 nitrogen and oxygen atoms in total. The van der Waals surface area contributed by atoms with Crippen LogP contribution >= 0.6 is 0 Å². The van der Waals surface area contributed by atoms with Crippen LogP contribution < -0.4 is 5.73 Å². The predicted octanol–water partition coefficient (Wildman–Crippen LogP) is 1.45. The summed E-state index contributed by atoms with van der Waals surface area (Å²) < 4.78 is 28.5. The molecule has 102 valence electrons. The molecule has 0 amide bonds. The Morgan fingerprint density at radius 2 is 1.89 bits per heavy atom. The highest BCUT2D eigenvalue weighted by molar-refractivity contribution is 7.91. The van der Waals surface area contributed by atoms with Crippen molar-refractivity contribution < 1.29 is 13.2 Å². The molecule has 5 heteroatoms. The second-order valence-electron chi connectivity index (χ2n) is 4.48. The number of hydrogen-bond acceptors (Lipinski definition) is 4. The minimum atomic E-state index is -3.12. The van der Waals surface area contributed by atoms with Crippen molar-refractivity contribution in [1.29, 1.82) is 0 Å². The van der Waals surface area contributed by atoms with Crippen LogP contribution in [-0.2, 0) is 14.6 Å². The summed E-state index contributed by atoms with van der Waals surface area (Å²) in [7, 11) is -1.56. The number of nitrogens with two attached hydrogens (primary N) is 1. The van der Waals surface area contributed by atoms with Crippen LogP contribution in [0, 0.1) is 6.92 Å². The molecule has 0 aromatic heterocycles. The van der Waals surface area contributed by atoms with Gasteiger partial charge in [0.1, 0.15) is 0 Å². The van der Waals surface area contributed by atoms with E-state index in [4.69, 9.17) is 10.5 Å². The third-order valence-corrected chi connectivity index (χ3v) is 4.52. The first-order valence-corrected chi connectivity index (χ1v) is 7.78. The smallest absolute Gasteiger partial charge is 0.152 e. The van der Waals surface area contributed by atoms with Gasteiger partial charge < -0.3 is 10.5 Å². The third-order valence-electron chi connectivity index (χ3n) is 2.74. The Balaban J connectivity index is 2.58. The molecule has 0 aliphatic heterocycles. The van der Waals surface area contributed by atoms with Gasteiger partial charge in [-0.15, -0.1) is 0 Å². The van der Waals surface area contributed by atoms with Crippen LogP contribution in [0.15, 0.2) is 24.3 Å². The lowest BCUT2D eigenvalue weighted by atomic mass is 10.1. The molecule has 18 heavy (non-hydrogen) atoms. The fourth-order valence-electron chi connectivity index (χ4n) is 1.69. The van der Waals surface area contributed by atoms with E-state index in [1.165, 1.54) is 0 Å². The molecule has 2 N–H and O–H groups in total. The fourth-order valence-corrected chi connectivity index (χ4v) is 3.15. The maximum atomic E-state index is 11.8. The largest absolute Gasteiger partial charge is 0.385 e. The molecule has 0 fully saturated rings. The van der Waals surface area contributed by atoms with Crippen molar-refractivity contribution in [2.75, 3.05) is 25.2 Å². The highest BCUT2D eigenvalue weighted by atomic mass is 32.2. The van der Waals surface area contributed by atoms with E-state index in [-0.39, 0.29) is 11.5 Å². The maximum Gasteiger partial charge on any atom is 0.152 e. The highest BCUT2D eigenvalue weighted by Crippen LogP contribution is 2.14. The molecule has 1 aromatic rings. The number of benzene rings is 1. The van der Waals surface area contributed by atoms with Gasteiger partial charge in [-0.25, -0.2) is 8.42 Å². The normalized spacial score (nSPS) is 13.5. The Morgan fingerprint density at radius 3 is 2.44 bits per heavy atom. The number of aryl methyl sites for hydroxylation is 1. The van der Waals surface area contributed by atoms with Crippen LogP contribution in [0.2, 0.25) is 0 Å². The summed E-state index contributed by atoms with van der Waals surface area (Å²) in [5.41, 5.74) is 7.92. The van der Waals surface area contributed by atoms with Crippen molar-refractivity contribution in [2.24, 2.45) is 5.73 Å². The first kappa shape index (κ1) is 15.1. The summed E-state index contributed by atoms with van der Waals surface area (Å²) in [6.45, 7) is 2.44. The number of methoxy groups -OCH3 is 1. The van der Waals surface area contributed by atoms with Gasteiger partial charge in [-0.1, -0.05) is 29.8 Å². The topological polar surface area (TPSA) is 69.4 Å². The van der Waals surface area contributed by atoms with Crippen LogP contribution in [0.25, 0.3) is 0 Å². The Kier molecular flexibility index (Phi) is 5.78. The Morgan fingerprint density at radius 1 is 1.28 bits per heavy atom. The van der Waals surface area contributed by atoms with E-state index < -0.39 is 15.9 Å². The van der Waals surface area contributed by atoms with E-state index in [9.17, 15) is 8.42 Å². The van der Waals surface area contributed by atoms with Gasteiger partial charge in [-0.2, -0.15) is 0 Å². The SMILES string of the molecule is COCCCS(=O)(=O)CC(N)c1ccc(C)cc1. The van der Waals surface area contributed by atoms with Crippen molar-refractivity contribution in [1.82, 2.24) is 0 Å². The van der Waals surface area contributed by atoms with E-state index in [1.54, 1.807) is 7.11 Å². The van der Waals surface area contributed by atoms with E-state index in [0.29, 0.717) is 13.0 Å². The van der Waals surface area contributed by atoms with Gasteiger partial charge in [0.2, 0.25) is 0 Å². The molecule has 0 aliphatic rings. The molecule has 0 saturated heterocycles. The molecular formula is C13H21NO3S. The molecular weight excluding hydrogens is 250 g/mol. The zero-order valence-corrected chi connectivity index (χ0v) is 11.7. The molecule has 1 atom stereocenters. The Hall–Kier alpha value is -0.910. The second kappa shape index (κ2) is 6.87. The maximum absolute atomic E-state index is 11.8. The summed E-state index contributed by atoms with van der Waals surface area (Å²) in [6, 6.07) is 7.17. The summed E-state index contributed by atoms with van der Waals surface area (Å²) in [4.78, 5) is 0. The quantitative estimate of drug-likeness (QED) is 0.762. The van der Waals surface area contributed by atoms with Gasteiger partial charge >= 0.3 is 0 Å². The zero-order valence-electron chi connectivity index (χ0n) is 10.9. The summed E-state index contributed by atoms with van der Waals surface area (Å²) in [6.07, 6.45) is 0.513. The standard InChI is InChI=1S/C13H21NO3S/c1-11-4-6-12(7-5-11)13(14)10-18(15,16)9-3-8-17-2/h4-7,13H,3,8-10,14H2,1-2H3. The molecule has 0 bridgehead atoms. The molecule has 1 unspecified atom stereocenters. The molecule has 1 rings (SSSR count). The van der Waals surface area contributed by atoms with Crippen LogP contribution in [0.1, 0.15) is 23.6 Å². The highest BCUT2D eigenvalue weighted by Gasteiger charge is 2.17. The van der Waals surface area contributed by atoms with E-state index in [2.05, 4.69) is 0 Å². The van der Waals surface area contributed by atoms with Gasteiger partial charge in [0, 0.05) is 19.8 Å². The monoisotopic (exact) mass is 271 g/mol. The molecule has 0 saturated carbocycles. The first-order chi connectivity index (χ1) is 8.44. The summed E-state index contributed by atoms with van der Waals surface area (Å²) in [5, 5.41) is 0. The van der Waals surface area contributed by atoms with Crippen LogP contribution in [0.4, 0.5) is 0 Å². The average Bonchev–Trinajstić information content (AvgIpc) is 2.29. The summed E-state index contributed by atoms with van der Waals surface area (Å²) >= 11 is 0. The average molecular weight is 271 g/mol. The van der Waals surface area contributed by atoms with E-state index in [0.717, 1.165) is 11.1 Å². The number of sulfone groups is 1. The lowest BCUT2D eigenvalue weighted by molar-refractivity contribution is 0.199. The van der Waals surface area contributed by atoms with Gasteiger partial charge in [0.15, 0.2) is 9.84 Å². The molecule has 0 radical (unpaired) electrons. The number of rotatable bonds is 7. The van der Waals surface area contributed by atoms with Gasteiger partial charge in [-0.3, -0.25) is 0 Å². The predicted molar refractivity (Wildman–Crippen MR) is 73.3 cm³/mol. The van der Waals surface area contributed by atoms with Crippen molar-refractivity contribution in [3.05, 3.63) is 35.4 Å². The van der Waals surface area contributed by atoms with E-state index in [1.807, 2.05) is 31.2 Å². The molecule has 1 aromatic carbocycles. The third kappa shape index (κ3) is 5.16. The van der Waals surface area contributed by atoms with E-state index >= 15 is 0 Å². The minimum Gasteiger partial charge on any atom is -0.385 e. The van der Waals surface area contributed by atoms with Gasteiger partial charge in [-0.05, 0) is 18.9 Å². The molecule has 0 aliphatic carbocycles. The van der Waals surface area contributed by atoms with Crippen LogP contribution in [-0.4, -0.2) is 33.6 Å².